The first kappa shape index (κ1) is 18.0. The van der Waals surface area contributed by atoms with Gasteiger partial charge in [-0.3, -0.25) is 0 Å². The van der Waals surface area contributed by atoms with E-state index in [1.807, 2.05) is 0 Å². The number of unbranched alkanes of at least 4 members (excludes halogenated alkanes) is 7. The van der Waals surface area contributed by atoms with E-state index in [0.29, 0.717) is 0 Å². The maximum atomic E-state index is 9.94. The summed E-state index contributed by atoms with van der Waals surface area (Å²) in [6.45, 7) is 3.62. The number of aldehydes is 1. The van der Waals surface area contributed by atoms with Crippen LogP contribution in [0.25, 0.3) is 0 Å². The van der Waals surface area contributed by atoms with E-state index in [9.17, 15) is 4.79 Å². The SMILES string of the molecule is CC(O)CO.CCCCCCCCCC=O. The molecule has 98 valence electrons. The number of aliphatic hydroxyl groups is 2. The smallest absolute Gasteiger partial charge is 0.119 e. The third-order valence-electron chi connectivity index (χ3n) is 2.19. The number of hydrogen-bond acceptors (Lipinski definition) is 3. The third kappa shape index (κ3) is 23.4. The Hall–Kier alpha value is -0.410. The predicted molar refractivity (Wildman–Crippen MR) is 67.4 cm³/mol. The molecular weight excluding hydrogens is 204 g/mol. The summed E-state index contributed by atoms with van der Waals surface area (Å²) in [6.07, 6.45) is 10.3. The van der Waals surface area contributed by atoms with Crippen LogP contribution >= 0.6 is 0 Å². The highest BCUT2D eigenvalue weighted by molar-refractivity contribution is 5.48. The van der Waals surface area contributed by atoms with Crippen LogP contribution in [0.4, 0.5) is 0 Å². The average Bonchev–Trinajstić information content (AvgIpc) is 2.29. The highest BCUT2D eigenvalue weighted by atomic mass is 16.3. The van der Waals surface area contributed by atoms with Crippen molar-refractivity contribution in [3.8, 4) is 0 Å². The molecule has 16 heavy (non-hydrogen) atoms. The van der Waals surface area contributed by atoms with Crippen LogP contribution < -0.4 is 0 Å². The van der Waals surface area contributed by atoms with E-state index >= 15 is 0 Å². The molecule has 0 saturated carbocycles. The fraction of sp³-hybridized carbons (Fsp3) is 0.923. The van der Waals surface area contributed by atoms with Gasteiger partial charge in [0.05, 0.1) is 12.7 Å². The predicted octanol–water partition coefficient (Wildman–Crippen LogP) is 2.69. The molecule has 3 nitrogen and oxygen atoms in total. The summed E-state index contributed by atoms with van der Waals surface area (Å²) >= 11 is 0. The van der Waals surface area contributed by atoms with Crippen molar-refractivity contribution in [1.29, 1.82) is 0 Å². The van der Waals surface area contributed by atoms with Crippen LogP contribution in [0.15, 0.2) is 0 Å². The number of carbonyl (C=O) groups is 1. The minimum absolute atomic E-state index is 0.139. The summed E-state index contributed by atoms with van der Waals surface area (Å²) in [4.78, 5) is 9.94. The van der Waals surface area contributed by atoms with Gasteiger partial charge in [0.2, 0.25) is 0 Å². The molecule has 1 atom stereocenters. The summed E-state index contributed by atoms with van der Waals surface area (Å²) in [7, 11) is 0. The Bertz CT molecular complexity index is 124. The molecule has 0 rings (SSSR count). The largest absolute Gasteiger partial charge is 0.394 e. The van der Waals surface area contributed by atoms with Crippen molar-refractivity contribution < 1.29 is 15.0 Å². The molecule has 0 saturated heterocycles. The summed E-state index contributed by atoms with van der Waals surface area (Å²) in [5.74, 6) is 0. The van der Waals surface area contributed by atoms with Crippen molar-refractivity contribution in [3.05, 3.63) is 0 Å². The van der Waals surface area contributed by atoms with E-state index in [-0.39, 0.29) is 6.61 Å². The maximum Gasteiger partial charge on any atom is 0.119 e. The molecule has 0 aromatic rings. The molecule has 0 amide bonds. The van der Waals surface area contributed by atoms with Gasteiger partial charge >= 0.3 is 0 Å². The number of aliphatic hydroxyl groups excluding tert-OH is 2. The normalized spacial score (nSPS) is 11.5. The average molecular weight is 232 g/mol. The zero-order valence-electron chi connectivity index (χ0n) is 10.8. The molecule has 0 fully saturated rings. The van der Waals surface area contributed by atoms with Crippen LogP contribution in [0.3, 0.4) is 0 Å². The first-order valence-electron chi connectivity index (χ1n) is 6.41. The minimum atomic E-state index is -0.560. The second-order valence-corrected chi connectivity index (χ2v) is 4.11. The van der Waals surface area contributed by atoms with E-state index < -0.39 is 6.10 Å². The molecule has 1 unspecified atom stereocenters. The highest BCUT2D eigenvalue weighted by Gasteiger charge is 1.89. The summed E-state index contributed by atoms with van der Waals surface area (Å²) in [6, 6.07) is 0. The zero-order chi connectivity index (χ0) is 12.6. The van der Waals surface area contributed by atoms with Crippen LogP contribution in [0.5, 0.6) is 0 Å². The second-order valence-electron chi connectivity index (χ2n) is 4.11. The van der Waals surface area contributed by atoms with Gasteiger partial charge < -0.3 is 15.0 Å². The van der Waals surface area contributed by atoms with Crippen LogP contribution in [0.2, 0.25) is 0 Å². The van der Waals surface area contributed by atoms with Gasteiger partial charge in [-0.2, -0.15) is 0 Å². The van der Waals surface area contributed by atoms with Gasteiger partial charge in [-0.1, -0.05) is 45.4 Å². The lowest BCUT2D eigenvalue weighted by Gasteiger charge is -1.97. The van der Waals surface area contributed by atoms with Crippen molar-refractivity contribution in [3.63, 3.8) is 0 Å². The van der Waals surface area contributed by atoms with Crippen molar-refractivity contribution in [1.82, 2.24) is 0 Å². The Balaban J connectivity index is 0. The lowest BCUT2D eigenvalue weighted by molar-refractivity contribution is -0.107. The van der Waals surface area contributed by atoms with E-state index in [0.717, 1.165) is 19.1 Å². The Kier molecular flexibility index (Phi) is 19.1. The first-order valence-corrected chi connectivity index (χ1v) is 6.41. The minimum Gasteiger partial charge on any atom is -0.394 e. The van der Waals surface area contributed by atoms with E-state index in [1.54, 1.807) is 0 Å². The highest BCUT2D eigenvalue weighted by Crippen LogP contribution is 2.07. The number of hydrogen-bond donors (Lipinski definition) is 2. The first-order chi connectivity index (χ1) is 7.68. The van der Waals surface area contributed by atoms with E-state index in [2.05, 4.69) is 6.92 Å². The van der Waals surface area contributed by atoms with Gasteiger partial charge in [0.1, 0.15) is 6.29 Å². The molecule has 0 spiro atoms. The lowest BCUT2D eigenvalue weighted by atomic mass is 10.1. The quantitative estimate of drug-likeness (QED) is 0.474. The molecule has 2 N–H and O–H groups in total. The van der Waals surface area contributed by atoms with Gasteiger partial charge in [0.25, 0.3) is 0 Å². The summed E-state index contributed by atoms with van der Waals surface area (Å²) < 4.78 is 0. The molecule has 0 aliphatic carbocycles. The fourth-order valence-corrected chi connectivity index (χ4v) is 1.18. The van der Waals surface area contributed by atoms with Crippen LogP contribution in [-0.4, -0.2) is 29.2 Å². The van der Waals surface area contributed by atoms with E-state index in [1.165, 1.54) is 45.4 Å². The van der Waals surface area contributed by atoms with Gasteiger partial charge in [-0.15, -0.1) is 0 Å². The van der Waals surface area contributed by atoms with Crippen molar-refractivity contribution in [2.24, 2.45) is 0 Å². The van der Waals surface area contributed by atoms with Crippen molar-refractivity contribution in [2.45, 2.75) is 71.3 Å². The van der Waals surface area contributed by atoms with Crippen LogP contribution in [0, 0.1) is 0 Å². The fourth-order valence-electron chi connectivity index (χ4n) is 1.18. The standard InChI is InChI=1S/C10H20O.C3H8O2/c1-2-3-4-5-6-7-8-9-10-11;1-3(5)2-4/h10H,2-9H2,1H3;3-5H,2H2,1H3. The number of rotatable bonds is 9. The van der Waals surface area contributed by atoms with Gasteiger partial charge in [0, 0.05) is 6.42 Å². The Morgan fingerprint density at radius 3 is 1.88 bits per heavy atom. The summed E-state index contributed by atoms with van der Waals surface area (Å²) in [5.41, 5.74) is 0. The molecule has 0 aromatic heterocycles. The maximum absolute atomic E-state index is 9.94. The Morgan fingerprint density at radius 1 is 1.06 bits per heavy atom. The van der Waals surface area contributed by atoms with Crippen LogP contribution in [0.1, 0.15) is 65.2 Å². The Labute approximate surface area is 99.9 Å². The van der Waals surface area contributed by atoms with Crippen molar-refractivity contribution >= 4 is 6.29 Å². The Morgan fingerprint density at radius 2 is 1.50 bits per heavy atom. The molecule has 3 heteroatoms. The molecule has 0 aromatic carbocycles. The molecule has 0 radical (unpaired) electrons. The zero-order valence-corrected chi connectivity index (χ0v) is 10.8. The van der Waals surface area contributed by atoms with Crippen molar-refractivity contribution in [2.75, 3.05) is 6.61 Å². The summed E-state index contributed by atoms with van der Waals surface area (Å²) in [5, 5.41) is 16.0. The number of carbonyl (C=O) groups excluding carboxylic acids is 1. The van der Waals surface area contributed by atoms with Gasteiger partial charge in [-0.05, 0) is 13.3 Å². The molecular formula is C13H28O3. The third-order valence-corrected chi connectivity index (χ3v) is 2.19. The van der Waals surface area contributed by atoms with Crippen LogP contribution in [-0.2, 0) is 4.79 Å². The second kappa shape index (κ2) is 17.0. The van der Waals surface area contributed by atoms with Gasteiger partial charge in [0.15, 0.2) is 0 Å². The lowest BCUT2D eigenvalue weighted by Crippen LogP contribution is -2.03. The van der Waals surface area contributed by atoms with E-state index in [4.69, 9.17) is 10.2 Å². The molecule has 0 aliphatic rings. The topological polar surface area (TPSA) is 57.5 Å². The monoisotopic (exact) mass is 232 g/mol. The van der Waals surface area contributed by atoms with Gasteiger partial charge in [-0.25, -0.2) is 0 Å². The molecule has 0 aliphatic heterocycles. The molecule has 0 bridgehead atoms. The molecule has 0 heterocycles.